The molecule has 9 rings (SSSR count). The van der Waals surface area contributed by atoms with E-state index in [4.69, 9.17) is 9.97 Å². The van der Waals surface area contributed by atoms with Gasteiger partial charge in [0.15, 0.2) is 0 Å². The molecule has 0 spiro atoms. The van der Waals surface area contributed by atoms with Crippen LogP contribution in [0.3, 0.4) is 0 Å². The van der Waals surface area contributed by atoms with Crippen molar-refractivity contribution in [3.05, 3.63) is 158 Å². The Morgan fingerprint density at radius 3 is 2.00 bits per heavy atom. The number of pyridine rings is 3. The summed E-state index contributed by atoms with van der Waals surface area (Å²) >= 11 is 0. The Balaban J connectivity index is 1.18. The summed E-state index contributed by atoms with van der Waals surface area (Å²) in [4.78, 5) is 14.5. The van der Waals surface area contributed by atoms with Gasteiger partial charge in [0.2, 0.25) is 0 Å². The lowest BCUT2D eigenvalue weighted by atomic mass is 9.96. The number of para-hydroxylation sites is 1. The Kier molecular flexibility index (Phi) is 5.78. The van der Waals surface area contributed by atoms with E-state index in [1.165, 1.54) is 26.9 Å². The Labute approximate surface area is 259 Å². The van der Waals surface area contributed by atoms with Gasteiger partial charge >= 0.3 is 0 Å². The Morgan fingerprint density at radius 1 is 0.400 bits per heavy atom. The van der Waals surface area contributed by atoms with Crippen molar-refractivity contribution in [2.24, 2.45) is 0 Å². The first-order valence-electron chi connectivity index (χ1n) is 15.1. The molecule has 210 valence electrons. The maximum absolute atomic E-state index is 5.11. The highest BCUT2D eigenvalue weighted by molar-refractivity contribution is 6.09. The third-order valence-electron chi connectivity index (χ3n) is 8.69. The Morgan fingerprint density at radius 2 is 1.11 bits per heavy atom. The van der Waals surface area contributed by atoms with Crippen LogP contribution in [0.2, 0.25) is 0 Å². The molecule has 0 aliphatic rings. The fraction of sp³-hybridized carbons (Fsp3) is 0. The maximum Gasteiger partial charge on any atom is 0.145 e. The summed E-state index contributed by atoms with van der Waals surface area (Å²) in [5, 5.41) is 7.34. The maximum atomic E-state index is 5.11. The zero-order valence-electron chi connectivity index (χ0n) is 24.3. The van der Waals surface area contributed by atoms with Crippen molar-refractivity contribution < 1.29 is 0 Å². The van der Waals surface area contributed by atoms with Crippen LogP contribution < -0.4 is 0 Å². The lowest BCUT2D eigenvalue weighted by Gasteiger charge is -2.12. The molecule has 0 saturated carbocycles. The average molecular weight is 575 g/mol. The van der Waals surface area contributed by atoms with Crippen molar-refractivity contribution in [1.82, 2.24) is 19.5 Å². The summed E-state index contributed by atoms with van der Waals surface area (Å²) in [5.41, 5.74) is 9.04. The smallest absolute Gasteiger partial charge is 0.145 e. The van der Waals surface area contributed by atoms with Crippen molar-refractivity contribution >= 4 is 43.5 Å². The van der Waals surface area contributed by atoms with Crippen LogP contribution in [0.4, 0.5) is 0 Å². The lowest BCUT2D eigenvalue weighted by Crippen LogP contribution is -1.96. The van der Waals surface area contributed by atoms with E-state index in [-0.39, 0.29) is 0 Å². The second-order valence-corrected chi connectivity index (χ2v) is 11.3. The topological polar surface area (TPSA) is 43.6 Å². The molecule has 0 aliphatic carbocycles. The van der Waals surface area contributed by atoms with Crippen molar-refractivity contribution in [2.75, 3.05) is 0 Å². The standard InChI is InChI=1S/C41H26N4/c1-2-9-33-27(8-1)14-15-30-24-29(18-21-34(30)33)31-25-38(44-39(26-31)37-12-5-6-22-42-37)28-16-19-32(20-17-28)45-40-13-4-3-10-35(40)36-11-7-23-43-41(36)45/h1-26H. The number of rotatable bonds is 4. The molecule has 9 aromatic rings. The quantitative estimate of drug-likeness (QED) is 0.196. The number of aromatic nitrogens is 4. The Hall–Kier alpha value is -6.13. The molecule has 0 unspecified atom stereocenters. The molecule has 4 heterocycles. The minimum atomic E-state index is 0.845. The van der Waals surface area contributed by atoms with Crippen LogP contribution in [0.1, 0.15) is 0 Å². The van der Waals surface area contributed by atoms with Crippen LogP contribution in [0.5, 0.6) is 0 Å². The van der Waals surface area contributed by atoms with Gasteiger partial charge in [-0.3, -0.25) is 9.55 Å². The van der Waals surface area contributed by atoms with Crippen LogP contribution in [-0.2, 0) is 0 Å². The zero-order valence-corrected chi connectivity index (χ0v) is 24.3. The lowest BCUT2D eigenvalue weighted by molar-refractivity contribution is 1.13. The highest BCUT2D eigenvalue weighted by atomic mass is 15.0. The molecule has 5 aromatic carbocycles. The number of benzene rings is 5. The summed E-state index contributed by atoms with van der Waals surface area (Å²) in [6.45, 7) is 0. The Bertz CT molecular complexity index is 2480. The van der Waals surface area contributed by atoms with E-state index in [0.717, 1.165) is 56.0 Å². The highest BCUT2D eigenvalue weighted by Gasteiger charge is 2.14. The largest absolute Gasteiger partial charge is 0.294 e. The molecule has 4 heteroatoms. The van der Waals surface area contributed by atoms with Gasteiger partial charge in [0, 0.05) is 34.4 Å². The molecule has 0 bridgehead atoms. The molecule has 4 aromatic heterocycles. The van der Waals surface area contributed by atoms with Gasteiger partial charge in [0.1, 0.15) is 5.65 Å². The minimum Gasteiger partial charge on any atom is -0.294 e. The van der Waals surface area contributed by atoms with Crippen molar-refractivity contribution in [3.63, 3.8) is 0 Å². The first-order chi connectivity index (χ1) is 22.3. The van der Waals surface area contributed by atoms with E-state index in [1.54, 1.807) is 0 Å². The van der Waals surface area contributed by atoms with Gasteiger partial charge in [-0.15, -0.1) is 0 Å². The van der Waals surface area contributed by atoms with Crippen LogP contribution in [0.15, 0.2) is 158 Å². The van der Waals surface area contributed by atoms with Crippen LogP contribution >= 0.6 is 0 Å². The van der Waals surface area contributed by atoms with Gasteiger partial charge < -0.3 is 0 Å². The van der Waals surface area contributed by atoms with E-state index in [0.29, 0.717) is 0 Å². The summed E-state index contributed by atoms with van der Waals surface area (Å²) in [7, 11) is 0. The SMILES string of the molecule is c1ccc(-c2cc(-c3ccc4c(ccc5ccccc54)c3)cc(-c3ccc(-n4c5ccccc5c5cccnc54)cc3)n2)nc1. The van der Waals surface area contributed by atoms with E-state index in [1.807, 2.05) is 36.7 Å². The molecular formula is C41H26N4. The molecule has 0 N–H and O–H groups in total. The predicted octanol–water partition coefficient (Wildman–Crippen LogP) is 10.3. The molecule has 0 fully saturated rings. The third-order valence-corrected chi connectivity index (χ3v) is 8.69. The van der Waals surface area contributed by atoms with E-state index in [2.05, 4.69) is 131 Å². The molecular weight excluding hydrogens is 548 g/mol. The molecule has 0 amide bonds. The molecule has 4 nitrogen and oxygen atoms in total. The van der Waals surface area contributed by atoms with Crippen LogP contribution in [0.25, 0.3) is 82.9 Å². The summed E-state index contributed by atoms with van der Waals surface area (Å²) in [6.07, 6.45) is 3.68. The second-order valence-electron chi connectivity index (χ2n) is 11.3. The van der Waals surface area contributed by atoms with Gasteiger partial charge in [-0.25, -0.2) is 9.97 Å². The molecule has 0 saturated heterocycles. The molecule has 0 radical (unpaired) electrons. The van der Waals surface area contributed by atoms with Crippen molar-refractivity contribution in [2.45, 2.75) is 0 Å². The zero-order chi connectivity index (χ0) is 29.7. The average Bonchev–Trinajstić information content (AvgIpc) is 3.46. The minimum absolute atomic E-state index is 0.845. The number of hydrogen-bond donors (Lipinski definition) is 0. The predicted molar refractivity (Wildman–Crippen MR) is 185 cm³/mol. The monoisotopic (exact) mass is 574 g/mol. The van der Waals surface area contributed by atoms with Gasteiger partial charge in [-0.1, -0.05) is 84.9 Å². The number of fused-ring (bicyclic) bond motifs is 6. The molecule has 0 atom stereocenters. The summed E-state index contributed by atoms with van der Waals surface area (Å²) in [6, 6.07) is 51.2. The van der Waals surface area contributed by atoms with Gasteiger partial charge in [0.25, 0.3) is 0 Å². The van der Waals surface area contributed by atoms with Gasteiger partial charge in [-0.05, 0) is 93.3 Å². The van der Waals surface area contributed by atoms with E-state index in [9.17, 15) is 0 Å². The van der Waals surface area contributed by atoms with Gasteiger partial charge in [0.05, 0.1) is 22.6 Å². The van der Waals surface area contributed by atoms with E-state index >= 15 is 0 Å². The molecule has 0 aliphatic heterocycles. The van der Waals surface area contributed by atoms with Crippen molar-refractivity contribution in [3.8, 4) is 39.5 Å². The molecule has 45 heavy (non-hydrogen) atoms. The fourth-order valence-corrected chi connectivity index (χ4v) is 6.52. The number of nitrogens with zero attached hydrogens (tertiary/aromatic N) is 4. The number of hydrogen-bond acceptors (Lipinski definition) is 3. The van der Waals surface area contributed by atoms with Crippen molar-refractivity contribution in [1.29, 1.82) is 0 Å². The summed E-state index contributed by atoms with van der Waals surface area (Å²) < 4.78 is 2.23. The van der Waals surface area contributed by atoms with Crippen LogP contribution in [0, 0.1) is 0 Å². The van der Waals surface area contributed by atoms with Gasteiger partial charge in [-0.2, -0.15) is 0 Å². The normalized spacial score (nSPS) is 11.6. The van der Waals surface area contributed by atoms with E-state index < -0.39 is 0 Å². The summed E-state index contributed by atoms with van der Waals surface area (Å²) in [5.74, 6) is 0. The highest BCUT2D eigenvalue weighted by Crippen LogP contribution is 2.35. The second kappa shape index (κ2) is 10.2. The first-order valence-corrected chi connectivity index (χ1v) is 15.1. The fourth-order valence-electron chi connectivity index (χ4n) is 6.52. The van der Waals surface area contributed by atoms with Crippen LogP contribution in [-0.4, -0.2) is 19.5 Å². The third kappa shape index (κ3) is 4.27. The first kappa shape index (κ1) is 25.4.